The Morgan fingerprint density at radius 3 is 2.43 bits per heavy atom. The topological polar surface area (TPSA) is 49.3 Å². The Hall–Kier alpha value is -0.570. The Bertz CT molecular complexity index is 213. The average molecular weight is 197 g/mol. The van der Waals surface area contributed by atoms with E-state index < -0.39 is 5.97 Å². The molecule has 0 radical (unpaired) electrons. The predicted octanol–water partition coefficient (Wildman–Crippen LogP) is 1.63. The van der Waals surface area contributed by atoms with Crippen molar-refractivity contribution in [1.82, 2.24) is 5.32 Å². The Morgan fingerprint density at radius 2 is 1.79 bits per heavy atom. The first kappa shape index (κ1) is 9.97. The van der Waals surface area contributed by atoms with Crippen LogP contribution in [0.25, 0.3) is 0 Å². The SMILES string of the molecule is O=C(O)C1CCC(CC2CC2)CCN1. The summed E-state index contributed by atoms with van der Waals surface area (Å²) in [6.45, 7) is 0.883. The number of carboxylic acids is 1. The van der Waals surface area contributed by atoms with E-state index in [0.717, 1.165) is 31.2 Å². The number of carboxylic acid groups (broad SMARTS) is 1. The first-order valence-corrected chi connectivity index (χ1v) is 5.72. The molecule has 3 nitrogen and oxygen atoms in total. The fourth-order valence-electron chi connectivity index (χ4n) is 2.38. The number of hydrogen-bond acceptors (Lipinski definition) is 2. The fourth-order valence-corrected chi connectivity index (χ4v) is 2.38. The normalized spacial score (nSPS) is 33.7. The molecule has 1 heterocycles. The lowest BCUT2D eigenvalue weighted by atomic mass is 9.93. The first-order chi connectivity index (χ1) is 6.75. The van der Waals surface area contributed by atoms with Crippen LogP contribution in [-0.4, -0.2) is 23.7 Å². The smallest absolute Gasteiger partial charge is 0.320 e. The zero-order valence-corrected chi connectivity index (χ0v) is 8.54. The van der Waals surface area contributed by atoms with Crippen LogP contribution in [0.2, 0.25) is 0 Å². The number of nitrogens with one attached hydrogen (secondary N) is 1. The van der Waals surface area contributed by atoms with Gasteiger partial charge in [0.05, 0.1) is 0 Å². The van der Waals surface area contributed by atoms with E-state index >= 15 is 0 Å². The monoisotopic (exact) mass is 197 g/mol. The average Bonchev–Trinajstić information content (AvgIpc) is 2.92. The number of rotatable bonds is 3. The highest BCUT2D eigenvalue weighted by Crippen LogP contribution is 2.38. The molecule has 0 spiro atoms. The van der Waals surface area contributed by atoms with Gasteiger partial charge in [-0.15, -0.1) is 0 Å². The van der Waals surface area contributed by atoms with E-state index in [0.29, 0.717) is 0 Å². The molecule has 0 aromatic carbocycles. The fraction of sp³-hybridized carbons (Fsp3) is 0.909. The van der Waals surface area contributed by atoms with Gasteiger partial charge in [0, 0.05) is 0 Å². The second-order valence-corrected chi connectivity index (χ2v) is 4.76. The molecule has 0 bridgehead atoms. The first-order valence-electron chi connectivity index (χ1n) is 5.72. The van der Waals surface area contributed by atoms with Gasteiger partial charge in [0.25, 0.3) is 0 Å². The predicted molar refractivity (Wildman–Crippen MR) is 54.1 cm³/mol. The van der Waals surface area contributed by atoms with Crippen molar-refractivity contribution in [2.75, 3.05) is 6.54 Å². The summed E-state index contributed by atoms with van der Waals surface area (Å²) in [6.07, 6.45) is 7.24. The summed E-state index contributed by atoms with van der Waals surface area (Å²) in [4.78, 5) is 10.8. The van der Waals surface area contributed by atoms with E-state index in [-0.39, 0.29) is 6.04 Å². The third-order valence-electron chi connectivity index (χ3n) is 3.47. The van der Waals surface area contributed by atoms with Gasteiger partial charge in [-0.1, -0.05) is 12.8 Å². The third-order valence-corrected chi connectivity index (χ3v) is 3.47. The van der Waals surface area contributed by atoms with Crippen LogP contribution in [0.15, 0.2) is 0 Å². The summed E-state index contributed by atoms with van der Waals surface area (Å²) in [5.41, 5.74) is 0. The quantitative estimate of drug-likeness (QED) is 0.723. The maximum atomic E-state index is 10.8. The van der Waals surface area contributed by atoms with Gasteiger partial charge in [-0.25, -0.2) is 0 Å². The number of hydrogen-bond donors (Lipinski definition) is 2. The summed E-state index contributed by atoms with van der Waals surface area (Å²) < 4.78 is 0. The van der Waals surface area contributed by atoms with E-state index in [9.17, 15) is 4.79 Å². The van der Waals surface area contributed by atoms with Gasteiger partial charge < -0.3 is 10.4 Å². The molecule has 2 unspecified atom stereocenters. The van der Waals surface area contributed by atoms with Gasteiger partial charge in [0.2, 0.25) is 0 Å². The van der Waals surface area contributed by atoms with Crippen molar-refractivity contribution in [2.24, 2.45) is 11.8 Å². The van der Waals surface area contributed by atoms with Crippen LogP contribution in [0.4, 0.5) is 0 Å². The van der Waals surface area contributed by atoms with E-state index in [1.165, 1.54) is 25.7 Å². The third kappa shape index (κ3) is 2.71. The lowest BCUT2D eigenvalue weighted by molar-refractivity contribution is -0.139. The highest BCUT2D eigenvalue weighted by Gasteiger charge is 2.28. The minimum Gasteiger partial charge on any atom is -0.480 e. The van der Waals surface area contributed by atoms with Gasteiger partial charge in [-0.2, -0.15) is 0 Å². The van der Waals surface area contributed by atoms with Crippen molar-refractivity contribution >= 4 is 5.97 Å². The van der Waals surface area contributed by atoms with Crippen molar-refractivity contribution in [3.63, 3.8) is 0 Å². The van der Waals surface area contributed by atoms with E-state index in [2.05, 4.69) is 5.32 Å². The highest BCUT2D eigenvalue weighted by atomic mass is 16.4. The molecule has 2 N–H and O–H groups in total. The molecule has 2 atom stereocenters. The molecule has 1 aliphatic carbocycles. The second-order valence-electron chi connectivity index (χ2n) is 4.76. The summed E-state index contributed by atoms with van der Waals surface area (Å²) >= 11 is 0. The van der Waals surface area contributed by atoms with Crippen LogP contribution in [0.3, 0.4) is 0 Å². The molecule has 2 aliphatic rings. The summed E-state index contributed by atoms with van der Waals surface area (Å²) in [5.74, 6) is 1.07. The maximum Gasteiger partial charge on any atom is 0.320 e. The molecule has 2 rings (SSSR count). The van der Waals surface area contributed by atoms with Crippen molar-refractivity contribution in [3.05, 3.63) is 0 Å². The molecule has 0 aromatic heterocycles. The van der Waals surface area contributed by atoms with Crippen molar-refractivity contribution in [2.45, 2.75) is 44.6 Å². The molecule has 1 saturated carbocycles. The molecule has 80 valence electrons. The Balaban J connectivity index is 1.77. The van der Waals surface area contributed by atoms with Gasteiger partial charge in [-0.05, 0) is 44.1 Å². The maximum absolute atomic E-state index is 10.8. The van der Waals surface area contributed by atoms with Crippen LogP contribution in [-0.2, 0) is 4.79 Å². The molecule has 1 saturated heterocycles. The summed E-state index contributed by atoms with van der Waals surface area (Å²) in [5, 5.41) is 12.0. The molecule has 0 aromatic rings. The van der Waals surface area contributed by atoms with Gasteiger partial charge in [-0.3, -0.25) is 4.79 Å². The molecular formula is C11H19NO2. The van der Waals surface area contributed by atoms with E-state index in [1.807, 2.05) is 0 Å². The van der Waals surface area contributed by atoms with Crippen LogP contribution in [0.5, 0.6) is 0 Å². The van der Waals surface area contributed by atoms with Crippen molar-refractivity contribution in [1.29, 1.82) is 0 Å². The number of carbonyl (C=O) groups is 1. The Morgan fingerprint density at radius 1 is 1.14 bits per heavy atom. The van der Waals surface area contributed by atoms with Crippen LogP contribution in [0, 0.1) is 11.8 Å². The number of aliphatic carboxylic acids is 1. The van der Waals surface area contributed by atoms with Crippen molar-refractivity contribution in [3.8, 4) is 0 Å². The summed E-state index contributed by atoms with van der Waals surface area (Å²) in [6, 6.07) is -0.292. The van der Waals surface area contributed by atoms with Crippen molar-refractivity contribution < 1.29 is 9.90 Å². The van der Waals surface area contributed by atoms with Crippen LogP contribution in [0.1, 0.15) is 38.5 Å². The zero-order chi connectivity index (χ0) is 9.97. The Kier molecular flexibility index (Phi) is 3.06. The molecule has 0 amide bonds. The lowest BCUT2D eigenvalue weighted by Crippen LogP contribution is -2.35. The van der Waals surface area contributed by atoms with Gasteiger partial charge in [0.15, 0.2) is 0 Å². The standard InChI is InChI=1S/C11H19NO2/c13-11(14)10-4-3-9(5-6-12-10)7-8-1-2-8/h8-10,12H,1-7H2,(H,13,14). The van der Waals surface area contributed by atoms with Crippen LogP contribution < -0.4 is 5.32 Å². The van der Waals surface area contributed by atoms with Crippen LogP contribution >= 0.6 is 0 Å². The molecule has 2 fully saturated rings. The second kappa shape index (κ2) is 4.30. The zero-order valence-electron chi connectivity index (χ0n) is 8.54. The molecular weight excluding hydrogens is 178 g/mol. The summed E-state index contributed by atoms with van der Waals surface area (Å²) in [7, 11) is 0. The largest absolute Gasteiger partial charge is 0.480 e. The van der Waals surface area contributed by atoms with Gasteiger partial charge >= 0.3 is 5.97 Å². The molecule has 1 aliphatic heterocycles. The van der Waals surface area contributed by atoms with Gasteiger partial charge in [0.1, 0.15) is 6.04 Å². The Labute approximate surface area is 84.9 Å². The molecule has 3 heteroatoms. The lowest BCUT2D eigenvalue weighted by Gasteiger charge is -2.12. The minimum atomic E-state index is -0.683. The van der Waals surface area contributed by atoms with E-state index in [4.69, 9.17) is 5.11 Å². The minimum absolute atomic E-state index is 0.292. The van der Waals surface area contributed by atoms with E-state index in [1.54, 1.807) is 0 Å². The molecule has 14 heavy (non-hydrogen) atoms. The highest BCUT2D eigenvalue weighted by molar-refractivity contribution is 5.73.